The largest absolute Gasteiger partial charge is 0.351 e. The number of carbonyl (C=O) groups excluding carboxylic acids is 1. The summed E-state index contributed by atoms with van der Waals surface area (Å²) in [5.74, 6) is 0.185. The monoisotopic (exact) mass is 318 g/mol. The van der Waals surface area contributed by atoms with E-state index < -0.39 is 11.8 Å². The molecule has 0 saturated carbocycles. The van der Waals surface area contributed by atoms with Crippen LogP contribution in [-0.2, 0) is 0 Å². The lowest BCUT2D eigenvalue weighted by atomic mass is 10.0. The van der Waals surface area contributed by atoms with E-state index in [1.807, 2.05) is 25.1 Å². The molecule has 0 bridgehead atoms. The van der Waals surface area contributed by atoms with Gasteiger partial charge in [-0.3, -0.25) is 0 Å². The van der Waals surface area contributed by atoms with Gasteiger partial charge in [-0.25, -0.2) is 14.2 Å². The molecule has 0 saturated heterocycles. The predicted octanol–water partition coefficient (Wildman–Crippen LogP) is 3.82. The molecule has 22 heavy (non-hydrogen) atoms. The molecule has 7 heteroatoms. The molecule has 0 unspecified atom stereocenters. The highest BCUT2D eigenvalue weighted by Gasteiger charge is 2.12. The van der Waals surface area contributed by atoms with E-state index in [1.165, 1.54) is 12.1 Å². The van der Waals surface area contributed by atoms with Crippen LogP contribution in [0, 0.1) is 12.7 Å². The van der Waals surface area contributed by atoms with Gasteiger partial charge in [-0.05, 0) is 36.8 Å². The van der Waals surface area contributed by atoms with Gasteiger partial charge in [0.15, 0.2) is 0 Å². The zero-order valence-electron chi connectivity index (χ0n) is 11.6. The summed E-state index contributed by atoms with van der Waals surface area (Å²) in [6.07, 6.45) is 0. The highest BCUT2D eigenvalue weighted by atomic mass is 35.5. The molecule has 0 spiro atoms. The number of hydrogen-bond donors (Lipinski definition) is 3. The van der Waals surface area contributed by atoms with Crippen LogP contribution >= 0.6 is 11.6 Å². The summed E-state index contributed by atoms with van der Waals surface area (Å²) in [7, 11) is 0. The van der Waals surface area contributed by atoms with E-state index in [4.69, 9.17) is 17.3 Å². The van der Waals surface area contributed by atoms with E-state index in [0.717, 1.165) is 22.4 Å². The van der Waals surface area contributed by atoms with Crippen molar-refractivity contribution in [2.75, 3.05) is 5.32 Å². The Bertz CT molecular complexity index is 891. The summed E-state index contributed by atoms with van der Waals surface area (Å²) in [5, 5.41) is 2.50. The SMILES string of the molecule is Cc1nc2ccc(-c3cc(F)c(NC(N)=O)cc3Cl)cc2[nH]1. The first-order chi connectivity index (χ1) is 10.4. The average molecular weight is 319 g/mol. The highest BCUT2D eigenvalue weighted by Crippen LogP contribution is 2.33. The van der Waals surface area contributed by atoms with Crippen molar-refractivity contribution in [1.82, 2.24) is 9.97 Å². The van der Waals surface area contributed by atoms with Crippen LogP contribution in [0.2, 0.25) is 5.02 Å². The van der Waals surface area contributed by atoms with Gasteiger partial charge < -0.3 is 16.0 Å². The third-order valence-electron chi connectivity index (χ3n) is 3.23. The minimum atomic E-state index is -0.850. The number of fused-ring (bicyclic) bond motifs is 1. The summed E-state index contributed by atoms with van der Waals surface area (Å²) in [4.78, 5) is 18.3. The molecule has 3 aromatic rings. The maximum absolute atomic E-state index is 14.0. The lowest BCUT2D eigenvalue weighted by molar-refractivity contribution is 0.259. The fourth-order valence-corrected chi connectivity index (χ4v) is 2.57. The Labute approximate surface area is 130 Å². The Morgan fingerprint density at radius 1 is 1.36 bits per heavy atom. The number of aromatic nitrogens is 2. The molecule has 3 rings (SSSR count). The molecular formula is C15H12ClFN4O. The van der Waals surface area contributed by atoms with E-state index in [0.29, 0.717) is 10.6 Å². The Hall–Kier alpha value is -2.60. The first-order valence-electron chi connectivity index (χ1n) is 6.46. The number of amides is 2. The molecule has 112 valence electrons. The number of aryl methyl sites for hydroxylation is 1. The van der Waals surface area contributed by atoms with Crippen molar-refractivity contribution in [3.8, 4) is 11.1 Å². The number of aromatic amines is 1. The molecule has 5 nitrogen and oxygen atoms in total. The Balaban J connectivity index is 2.09. The number of benzene rings is 2. The second-order valence-electron chi connectivity index (χ2n) is 4.86. The maximum Gasteiger partial charge on any atom is 0.316 e. The summed E-state index contributed by atoms with van der Waals surface area (Å²) in [6.45, 7) is 1.86. The fraction of sp³-hybridized carbons (Fsp3) is 0.0667. The Morgan fingerprint density at radius 3 is 2.86 bits per heavy atom. The number of anilines is 1. The van der Waals surface area contributed by atoms with Gasteiger partial charge in [-0.15, -0.1) is 0 Å². The van der Waals surface area contributed by atoms with Crippen LogP contribution in [0.15, 0.2) is 30.3 Å². The quantitative estimate of drug-likeness (QED) is 0.671. The van der Waals surface area contributed by atoms with Crippen LogP contribution in [0.3, 0.4) is 0 Å². The van der Waals surface area contributed by atoms with Gasteiger partial charge in [0.2, 0.25) is 0 Å². The number of nitrogens with one attached hydrogen (secondary N) is 2. The summed E-state index contributed by atoms with van der Waals surface area (Å²) < 4.78 is 14.0. The van der Waals surface area contributed by atoms with E-state index >= 15 is 0 Å². The summed E-state index contributed by atoms with van der Waals surface area (Å²) in [5.41, 5.74) is 7.85. The van der Waals surface area contributed by atoms with Gasteiger partial charge >= 0.3 is 6.03 Å². The minimum Gasteiger partial charge on any atom is -0.351 e. The van der Waals surface area contributed by atoms with Gasteiger partial charge in [0.25, 0.3) is 0 Å². The van der Waals surface area contributed by atoms with Gasteiger partial charge in [0.1, 0.15) is 11.6 Å². The van der Waals surface area contributed by atoms with Gasteiger partial charge in [-0.1, -0.05) is 17.7 Å². The molecule has 0 aliphatic heterocycles. The van der Waals surface area contributed by atoms with Gasteiger partial charge in [0, 0.05) is 5.56 Å². The smallest absolute Gasteiger partial charge is 0.316 e. The van der Waals surface area contributed by atoms with Gasteiger partial charge in [-0.2, -0.15) is 0 Å². The molecule has 2 aromatic carbocycles. The van der Waals surface area contributed by atoms with Crippen molar-refractivity contribution in [1.29, 1.82) is 0 Å². The fourth-order valence-electron chi connectivity index (χ4n) is 2.30. The normalized spacial score (nSPS) is 10.9. The van der Waals surface area contributed by atoms with E-state index in [-0.39, 0.29) is 5.69 Å². The molecule has 4 N–H and O–H groups in total. The Kier molecular flexibility index (Phi) is 3.46. The molecule has 1 aromatic heterocycles. The van der Waals surface area contributed by atoms with Crippen LogP contribution in [0.25, 0.3) is 22.2 Å². The standard InChI is InChI=1S/C15H12ClFN4O/c1-7-19-12-3-2-8(4-14(12)20-7)9-5-11(17)13(6-10(9)16)21-15(18)22/h2-6H,1H3,(H,19,20)(H3,18,21,22). The second kappa shape index (κ2) is 5.31. The van der Waals surface area contributed by atoms with E-state index in [9.17, 15) is 9.18 Å². The summed E-state index contributed by atoms with van der Waals surface area (Å²) >= 11 is 6.19. The number of hydrogen-bond acceptors (Lipinski definition) is 2. The number of primary amides is 1. The third kappa shape index (κ3) is 2.60. The minimum absolute atomic E-state index is 0.0558. The summed E-state index contributed by atoms with van der Waals surface area (Å²) in [6, 6.07) is 7.23. The molecular weight excluding hydrogens is 307 g/mol. The number of rotatable bonds is 2. The molecule has 2 amide bonds. The zero-order chi connectivity index (χ0) is 15.9. The molecule has 0 atom stereocenters. The predicted molar refractivity (Wildman–Crippen MR) is 84.4 cm³/mol. The van der Waals surface area contributed by atoms with Crippen molar-refractivity contribution in [3.63, 3.8) is 0 Å². The number of imidazole rings is 1. The van der Waals surface area contributed by atoms with Crippen molar-refractivity contribution < 1.29 is 9.18 Å². The van der Waals surface area contributed by atoms with Gasteiger partial charge in [0.05, 0.1) is 21.7 Å². The number of H-pyrrole nitrogens is 1. The lowest BCUT2D eigenvalue weighted by Crippen LogP contribution is -2.20. The van der Waals surface area contributed by atoms with Crippen molar-refractivity contribution >= 4 is 34.4 Å². The maximum atomic E-state index is 14.0. The number of nitrogens with zero attached hydrogens (tertiary/aromatic N) is 1. The third-order valence-corrected chi connectivity index (χ3v) is 3.54. The molecule has 0 aliphatic carbocycles. The highest BCUT2D eigenvalue weighted by molar-refractivity contribution is 6.33. The number of nitrogens with two attached hydrogens (primary N) is 1. The number of carbonyl (C=O) groups is 1. The second-order valence-corrected chi connectivity index (χ2v) is 5.26. The van der Waals surface area contributed by atoms with Crippen LogP contribution < -0.4 is 11.1 Å². The first-order valence-corrected chi connectivity index (χ1v) is 6.84. The van der Waals surface area contributed by atoms with E-state index in [2.05, 4.69) is 15.3 Å². The number of halogens is 2. The van der Waals surface area contributed by atoms with Crippen molar-refractivity contribution in [2.45, 2.75) is 6.92 Å². The molecule has 0 aliphatic rings. The van der Waals surface area contributed by atoms with Crippen molar-refractivity contribution in [3.05, 3.63) is 47.0 Å². The van der Waals surface area contributed by atoms with Crippen molar-refractivity contribution in [2.24, 2.45) is 5.73 Å². The van der Waals surface area contributed by atoms with Crippen LogP contribution in [0.5, 0.6) is 0 Å². The number of urea groups is 1. The van der Waals surface area contributed by atoms with Crippen LogP contribution in [0.4, 0.5) is 14.9 Å². The molecule has 1 heterocycles. The lowest BCUT2D eigenvalue weighted by Gasteiger charge is -2.09. The average Bonchev–Trinajstić information content (AvgIpc) is 2.81. The van der Waals surface area contributed by atoms with E-state index in [1.54, 1.807) is 0 Å². The van der Waals surface area contributed by atoms with Crippen LogP contribution in [-0.4, -0.2) is 16.0 Å². The Morgan fingerprint density at radius 2 is 2.14 bits per heavy atom. The topological polar surface area (TPSA) is 83.8 Å². The molecule has 0 radical (unpaired) electrons. The zero-order valence-corrected chi connectivity index (χ0v) is 12.3. The van der Waals surface area contributed by atoms with Crippen LogP contribution in [0.1, 0.15) is 5.82 Å². The first kappa shape index (κ1) is 14.3. The molecule has 0 fully saturated rings.